The number of alkyl halides is 6. The molecule has 4 heterocycles. The Hall–Kier alpha value is -9.30. The van der Waals surface area contributed by atoms with Crippen molar-refractivity contribution < 1.29 is 54.9 Å². The van der Waals surface area contributed by atoms with Gasteiger partial charge in [0.2, 0.25) is 11.8 Å². The number of hydrogen-bond acceptors (Lipinski definition) is 16. The summed E-state index contributed by atoms with van der Waals surface area (Å²) in [6.45, 7) is 0.214. The topological polar surface area (TPSA) is 188 Å². The molecule has 2 fully saturated rings. The molecule has 2 amide bonds. The van der Waals surface area contributed by atoms with E-state index < -0.39 is 12.7 Å². The van der Waals surface area contributed by atoms with Gasteiger partial charge in [0.05, 0.1) is 46.7 Å². The number of benzene rings is 6. The molecule has 78 heavy (non-hydrogen) atoms. The fraction of sp³-hybridized carbons (Fsp3) is 0.115. The van der Waals surface area contributed by atoms with Gasteiger partial charge in [-0.1, -0.05) is 90.3 Å². The van der Waals surface area contributed by atoms with E-state index in [9.17, 15) is 35.9 Å². The van der Waals surface area contributed by atoms with Crippen molar-refractivity contribution in [2.45, 2.75) is 12.7 Å². The number of aromatic nitrogens is 6. The largest absolute Gasteiger partial charge is 0.573 e. The number of anilines is 2. The van der Waals surface area contributed by atoms with Crippen LogP contribution in [0.4, 0.5) is 37.7 Å². The van der Waals surface area contributed by atoms with Gasteiger partial charge in [0.1, 0.15) is 48.9 Å². The standard InChI is InChI=1S/C52H36F6N12O6S2/c53-51(54,55)75-40-20-16-37(17-21-40)67-31-59-47(65-67)35-12-8-33(9-13-35)27-61-63-49-69(45(71)29-77-49)39-4-3-5-42(26-39)73-24-25-74-44-7-2-1-6-43(44)70-46(72)30-78-50(70)64-62-28-34-10-14-36(15-11-34)48-60-32-68(66-48)38-18-22-41(23-19-38)76-52(56,57)58/h1-23,26-28,31-32H,24-25,29-30H2/b61-27-,62-28-,63-49+,64-50+. The summed E-state index contributed by atoms with van der Waals surface area (Å²) in [5.74, 6) is 0.850. The van der Waals surface area contributed by atoms with Crippen molar-refractivity contribution in [3.05, 3.63) is 169 Å². The summed E-state index contributed by atoms with van der Waals surface area (Å²) in [7, 11) is 0. The van der Waals surface area contributed by atoms with E-state index in [1.807, 2.05) is 0 Å². The van der Waals surface area contributed by atoms with Gasteiger partial charge in [0.15, 0.2) is 22.0 Å². The zero-order valence-electron chi connectivity index (χ0n) is 39.9. The van der Waals surface area contributed by atoms with Crippen LogP contribution in [0.5, 0.6) is 23.0 Å². The van der Waals surface area contributed by atoms with Gasteiger partial charge < -0.3 is 18.9 Å². The van der Waals surface area contributed by atoms with Crippen LogP contribution in [0, 0.1) is 0 Å². The van der Waals surface area contributed by atoms with Gasteiger partial charge in [-0.15, -0.1) is 46.7 Å². The van der Waals surface area contributed by atoms with E-state index in [0.717, 1.165) is 0 Å². The summed E-state index contributed by atoms with van der Waals surface area (Å²) >= 11 is 2.46. The first-order valence-electron chi connectivity index (χ1n) is 23.0. The molecule has 2 saturated heterocycles. The van der Waals surface area contributed by atoms with Gasteiger partial charge in [0, 0.05) is 17.2 Å². The summed E-state index contributed by atoms with van der Waals surface area (Å²) in [5, 5.41) is 26.8. The molecule has 0 radical (unpaired) electrons. The molecular weight excluding hydrogens is 1070 g/mol. The SMILES string of the molecule is O=C1CS/C(=N/N=C\c2ccc(-c3ncn(-c4ccc(OC(F)(F)F)cc4)n3)cc2)N1c1cccc(OCCOc2ccccc2N2C(=O)CS/C2=N/N=C\c2ccc(-c3ncn(-c4ccc(OC(F)(F)F)cc4)n3)cc2)c1. The molecular formula is C52H36F6N12O6S2. The Morgan fingerprint density at radius 3 is 1.54 bits per heavy atom. The normalized spacial score (nSPS) is 15.2. The van der Waals surface area contributed by atoms with Gasteiger partial charge in [0.25, 0.3) is 0 Å². The van der Waals surface area contributed by atoms with Crippen molar-refractivity contribution in [1.29, 1.82) is 0 Å². The first-order chi connectivity index (χ1) is 37.7. The highest BCUT2D eigenvalue weighted by Gasteiger charge is 2.34. The minimum atomic E-state index is -4.80. The number of carbonyl (C=O) groups is 2. The Balaban J connectivity index is 0.717. The number of halogens is 6. The Morgan fingerprint density at radius 2 is 1.01 bits per heavy atom. The second kappa shape index (κ2) is 22.9. The van der Waals surface area contributed by atoms with Crippen molar-refractivity contribution in [2.24, 2.45) is 20.4 Å². The molecule has 0 atom stereocenters. The Kier molecular flexibility index (Phi) is 15.3. The third kappa shape index (κ3) is 13.0. The zero-order chi connectivity index (χ0) is 54.2. The van der Waals surface area contributed by atoms with E-state index in [1.54, 1.807) is 97.1 Å². The highest BCUT2D eigenvalue weighted by molar-refractivity contribution is 8.15. The third-order valence-electron chi connectivity index (χ3n) is 11.0. The van der Waals surface area contributed by atoms with Gasteiger partial charge in [-0.2, -0.15) is 10.2 Å². The van der Waals surface area contributed by atoms with Crippen LogP contribution < -0.4 is 28.7 Å². The van der Waals surface area contributed by atoms with Gasteiger partial charge in [-0.05, 0) is 83.9 Å². The lowest BCUT2D eigenvalue weighted by atomic mass is 10.1. The number of amidine groups is 2. The van der Waals surface area contributed by atoms with Crippen molar-refractivity contribution in [1.82, 2.24) is 29.5 Å². The molecule has 8 aromatic rings. The number of amides is 2. The number of rotatable bonds is 17. The van der Waals surface area contributed by atoms with Crippen LogP contribution in [-0.4, -0.2) is 102 Å². The lowest BCUT2D eigenvalue weighted by Crippen LogP contribution is -2.29. The smallest absolute Gasteiger partial charge is 0.490 e. The third-order valence-corrected chi connectivity index (χ3v) is 12.8. The highest BCUT2D eigenvalue weighted by Crippen LogP contribution is 2.35. The van der Waals surface area contributed by atoms with E-state index in [-0.39, 0.29) is 48.0 Å². The molecule has 0 N–H and O–H groups in total. The summed E-state index contributed by atoms with van der Waals surface area (Å²) < 4.78 is 98.2. The maximum Gasteiger partial charge on any atom is 0.573 e. The first kappa shape index (κ1) is 52.2. The van der Waals surface area contributed by atoms with Crippen LogP contribution in [0.15, 0.2) is 179 Å². The zero-order valence-corrected chi connectivity index (χ0v) is 41.5. The molecule has 0 bridgehead atoms. The summed E-state index contributed by atoms with van der Waals surface area (Å²) in [5.41, 5.74) is 4.74. The van der Waals surface area contributed by atoms with E-state index in [1.165, 1.54) is 116 Å². The molecule has 0 aliphatic carbocycles. The molecule has 2 aromatic heterocycles. The average Bonchev–Trinajstić information content (AvgIpc) is 4.29. The van der Waals surface area contributed by atoms with Gasteiger partial charge in [-0.3, -0.25) is 19.4 Å². The van der Waals surface area contributed by atoms with Crippen LogP contribution in [0.2, 0.25) is 0 Å². The number of nitrogens with zero attached hydrogens (tertiary/aromatic N) is 12. The molecule has 0 spiro atoms. The number of carbonyl (C=O) groups excluding carboxylic acids is 2. The maximum atomic E-state index is 13.2. The average molecular weight is 1100 g/mol. The molecule has 0 saturated carbocycles. The molecule has 2 aliphatic heterocycles. The molecule has 394 valence electrons. The molecule has 2 aliphatic rings. The summed E-state index contributed by atoms with van der Waals surface area (Å²) in [6.07, 6.45) is -3.63. The van der Waals surface area contributed by atoms with E-state index >= 15 is 0 Å². The second-order valence-electron chi connectivity index (χ2n) is 16.3. The fourth-order valence-corrected chi connectivity index (χ4v) is 9.16. The maximum absolute atomic E-state index is 13.2. The monoisotopic (exact) mass is 1100 g/mol. The Labute approximate surface area is 446 Å². The number of para-hydroxylation sites is 2. The van der Waals surface area contributed by atoms with Crippen molar-refractivity contribution >= 4 is 69.5 Å². The van der Waals surface area contributed by atoms with Crippen LogP contribution in [0.1, 0.15) is 11.1 Å². The number of ether oxygens (including phenoxy) is 4. The van der Waals surface area contributed by atoms with Gasteiger partial charge in [-0.25, -0.2) is 19.3 Å². The molecule has 10 rings (SSSR count). The van der Waals surface area contributed by atoms with Crippen molar-refractivity contribution in [3.63, 3.8) is 0 Å². The number of hydrogen-bond donors (Lipinski definition) is 0. The van der Waals surface area contributed by atoms with E-state index in [4.69, 9.17) is 9.47 Å². The van der Waals surface area contributed by atoms with Crippen LogP contribution in [0.25, 0.3) is 34.2 Å². The second-order valence-corrected chi connectivity index (χ2v) is 18.2. The van der Waals surface area contributed by atoms with E-state index in [2.05, 4.69) is 50.0 Å². The molecule has 26 heteroatoms. The Bertz CT molecular complexity index is 3570. The van der Waals surface area contributed by atoms with Crippen molar-refractivity contribution in [2.75, 3.05) is 34.5 Å². The van der Waals surface area contributed by atoms with Gasteiger partial charge >= 0.3 is 12.7 Å². The first-order valence-corrected chi connectivity index (χ1v) is 25.0. The van der Waals surface area contributed by atoms with Crippen molar-refractivity contribution in [3.8, 4) is 57.1 Å². The van der Waals surface area contributed by atoms with Crippen LogP contribution in [-0.2, 0) is 9.59 Å². The summed E-state index contributed by atoms with van der Waals surface area (Å²) in [6, 6.07) is 38.7. The lowest BCUT2D eigenvalue weighted by molar-refractivity contribution is -0.275. The van der Waals surface area contributed by atoms with Crippen LogP contribution >= 0.6 is 23.5 Å². The Morgan fingerprint density at radius 1 is 0.526 bits per heavy atom. The minimum Gasteiger partial charge on any atom is -0.490 e. The molecule has 0 unspecified atom stereocenters. The quantitative estimate of drug-likeness (QED) is 0.0364. The summed E-state index contributed by atoms with van der Waals surface area (Å²) in [4.78, 5) is 37.8. The molecule has 6 aromatic carbocycles. The fourth-order valence-electron chi connectivity index (χ4n) is 7.52. The lowest BCUT2D eigenvalue weighted by Gasteiger charge is -2.19. The van der Waals surface area contributed by atoms with Crippen LogP contribution in [0.3, 0.4) is 0 Å². The predicted molar refractivity (Wildman–Crippen MR) is 281 cm³/mol. The minimum absolute atomic E-state index is 0.100. The highest BCUT2D eigenvalue weighted by atomic mass is 32.2. The molecule has 18 nitrogen and oxygen atoms in total. The number of thioether (sulfide) groups is 2. The van der Waals surface area contributed by atoms with E-state index in [0.29, 0.717) is 78.5 Å². The predicted octanol–water partition coefficient (Wildman–Crippen LogP) is 10.4.